The van der Waals surface area contributed by atoms with Crippen molar-refractivity contribution < 1.29 is 36.2 Å². The average molecular weight is 747 g/mol. The van der Waals surface area contributed by atoms with Gasteiger partial charge < -0.3 is 10.2 Å². The first-order chi connectivity index (χ1) is 23.4. The van der Waals surface area contributed by atoms with Crippen LogP contribution >= 0.6 is 0 Å². The molecule has 1 aliphatic rings. The standard InChI is InChI=1S/C35H32N4O8S2.2Na/c40-29-17-15-28(16-18-29)37-36-26-11-6-23(7-12-26)33(22-4-2-1-3-5-22)24-8-13-27(14-9-24)38-39-35-31(41)19-10-25-20-30(48(42,43)44)21-32(34(25)35)49(45,46)47;;/h6-22,33,40-41H,1-5H2,(H,42,43,44)(H,45,46,47);;. The van der Waals surface area contributed by atoms with E-state index in [0.717, 1.165) is 42.9 Å². The molecule has 16 heteroatoms. The summed E-state index contributed by atoms with van der Waals surface area (Å²) in [6.07, 6.45) is 5.68. The fourth-order valence-corrected chi connectivity index (χ4v) is 7.63. The number of aromatic hydroxyl groups is 2. The van der Waals surface area contributed by atoms with Crippen LogP contribution in [0, 0.1) is 5.92 Å². The van der Waals surface area contributed by atoms with Crippen LogP contribution in [0.4, 0.5) is 22.7 Å². The Hall–Kier alpha value is -3.02. The van der Waals surface area contributed by atoms with Gasteiger partial charge in [0.15, 0.2) is 0 Å². The van der Waals surface area contributed by atoms with E-state index in [2.05, 4.69) is 32.6 Å². The molecule has 1 aliphatic carbocycles. The number of phenolic OH excluding ortho intramolecular Hbond substituents is 2. The van der Waals surface area contributed by atoms with Gasteiger partial charge in [0.2, 0.25) is 0 Å². The van der Waals surface area contributed by atoms with Gasteiger partial charge in [-0.05, 0) is 102 Å². The Balaban J connectivity index is 0.00000292. The maximum atomic E-state index is 12.2. The number of azo groups is 2. The van der Waals surface area contributed by atoms with Crippen LogP contribution in [0.15, 0.2) is 127 Å². The van der Waals surface area contributed by atoms with Crippen LogP contribution in [0.1, 0.15) is 49.1 Å². The van der Waals surface area contributed by atoms with Gasteiger partial charge in [-0.1, -0.05) is 49.6 Å². The van der Waals surface area contributed by atoms with Crippen LogP contribution < -0.4 is 0 Å². The minimum absolute atomic E-state index is 0. The predicted octanol–water partition coefficient (Wildman–Crippen LogP) is 8.53. The number of rotatable bonds is 9. The first-order valence-electron chi connectivity index (χ1n) is 15.4. The molecule has 5 aromatic rings. The molecule has 51 heavy (non-hydrogen) atoms. The van der Waals surface area contributed by atoms with Crippen molar-refractivity contribution in [1.82, 2.24) is 0 Å². The van der Waals surface area contributed by atoms with E-state index >= 15 is 0 Å². The molecule has 0 aromatic heterocycles. The summed E-state index contributed by atoms with van der Waals surface area (Å²) in [7, 11) is -9.83. The zero-order chi connectivity index (χ0) is 34.8. The third-order valence-electron chi connectivity index (χ3n) is 8.60. The zero-order valence-electron chi connectivity index (χ0n) is 28.0. The van der Waals surface area contributed by atoms with E-state index in [0.29, 0.717) is 29.0 Å². The predicted molar refractivity (Wildman–Crippen MR) is 195 cm³/mol. The smallest absolute Gasteiger partial charge is 0.295 e. The molecule has 1 saturated carbocycles. The molecule has 0 saturated heterocycles. The van der Waals surface area contributed by atoms with Crippen molar-refractivity contribution in [2.24, 2.45) is 26.4 Å². The van der Waals surface area contributed by atoms with Gasteiger partial charge in [-0.15, -0.1) is 5.11 Å². The van der Waals surface area contributed by atoms with E-state index in [1.54, 1.807) is 36.4 Å². The van der Waals surface area contributed by atoms with Gasteiger partial charge in [-0.3, -0.25) is 9.11 Å². The van der Waals surface area contributed by atoms with Gasteiger partial charge in [-0.25, -0.2) is 0 Å². The third kappa shape index (κ3) is 9.90. The molecule has 0 bridgehead atoms. The zero-order valence-corrected chi connectivity index (χ0v) is 33.6. The van der Waals surface area contributed by atoms with Crippen molar-refractivity contribution in [3.63, 3.8) is 0 Å². The number of fused-ring (bicyclic) bond motifs is 1. The summed E-state index contributed by atoms with van der Waals surface area (Å²) in [6.45, 7) is 0. The largest absolute Gasteiger partial charge is 0.508 e. The Labute approximate surface area is 339 Å². The second-order valence-electron chi connectivity index (χ2n) is 11.9. The van der Waals surface area contributed by atoms with E-state index in [1.807, 2.05) is 24.3 Å². The van der Waals surface area contributed by atoms with Crippen LogP contribution in [0.25, 0.3) is 10.8 Å². The molecule has 2 radical (unpaired) electrons. The molecule has 4 N–H and O–H groups in total. The second-order valence-corrected chi connectivity index (χ2v) is 14.7. The molecule has 0 aliphatic heterocycles. The van der Waals surface area contributed by atoms with Crippen molar-refractivity contribution >= 4 is 113 Å². The number of hydrogen-bond donors (Lipinski definition) is 4. The minimum Gasteiger partial charge on any atom is -0.508 e. The van der Waals surface area contributed by atoms with Gasteiger partial charge in [0.05, 0.1) is 22.0 Å². The topological polar surface area (TPSA) is 199 Å². The average Bonchev–Trinajstić information content (AvgIpc) is 3.08. The summed E-state index contributed by atoms with van der Waals surface area (Å²) < 4.78 is 67.4. The molecule has 12 nitrogen and oxygen atoms in total. The quantitative estimate of drug-likeness (QED) is 0.0653. The fraction of sp³-hybridized carbons (Fsp3) is 0.200. The first-order valence-corrected chi connectivity index (χ1v) is 18.3. The molecule has 0 amide bonds. The summed E-state index contributed by atoms with van der Waals surface area (Å²) in [4.78, 5) is -1.61. The van der Waals surface area contributed by atoms with Crippen LogP contribution in [0.5, 0.6) is 11.5 Å². The van der Waals surface area contributed by atoms with Crippen LogP contribution in [0.2, 0.25) is 0 Å². The fourth-order valence-electron chi connectivity index (χ4n) is 6.27. The van der Waals surface area contributed by atoms with Gasteiger partial charge in [0, 0.05) is 70.4 Å². The van der Waals surface area contributed by atoms with Crippen molar-refractivity contribution in [2.75, 3.05) is 0 Å². The van der Waals surface area contributed by atoms with E-state index in [4.69, 9.17) is 0 Å². The number of phenols is 2. The van der Waals surface area contributed by atoms with Crippen molar-refractivity contribution in [2.45, 2.75) is 47.8 Å². The molecule has 1 unspecified atom stereocenters. The molecule has 0 spiro atoms. The SMILES string of the molecule is O=S(=O)(O)c1cc(S(=O)(=O)O)c2c(N=Nc3ccc(C(c4ccc(N=Nc5ccc(O)cc5)cc4)C4CCCCC4)cc3)c(O)ccc2c1.[Na].[Na]. The molecule has 5 aromatic carbocycles. The molecular weight excluding hydrogens is 715 g/mol. The van der Waals surface area contributed by atoms with Gasteiger partial charge in [-0.2, -0.15) is 32.2 Å². The van der Waals surface area contributed by atoms with Crippen LogP contribution in [-0.4, -0.2) is 95.3 Å². The van der Waals surface area contributed by atoms with Crippen molar-refractivity contribution in [1.29, 1.82) is 0 Å². The maximum Gasteiger partial charge on any atom is 0.295 e. The molecule has 6 rings (SSSR count). The maximum absolute atomic E-state index is 12.2. The van der Waals surface area contributed by atoms with Crippen molar-refractivity contribution in [3.05, 3.63) is 108 Å². The normalized spacial score (nSPS) is 14.7. The summed E-state index contributed by atoms with van der Waals surface area (Å²) >= 11 is 0. The monoisotopic (exact) mass is 746 g/mol. The Morgan fingerprint density at radius 3 is 1.57 bits per heavy atom. The van der Waals surface area contributed by atoms with Gasteiger partial charge >= 0.3 is 0 Å². The summed E-state index contributed by atoms with van der Waals surface area (Å²) in [5.41, 5.74) is 3.61. The minimum atomic E-state index is -5.01. The Kier molecular flexibility index (Phi) is 13.7. The second kappa shape index (κ2) is 17.2. The number of benzene rings is 5. The van der Waals surface area contributed by atoms with E-state index < -0.39 is 35.8 Å². The summed E-state index contributed by atoms with van der Waals surface area (Å²) in [5, 5.41) is 36.7. The Morgan fingerprint density at radius 2 is 1.08 bits per heavy atom. The summed E-state index contributed by atoms with van der Waals surface area (Å²) in [6, 6.07) is 25.9. The molecule has 1 fully saturated rings. The van der Waals surface area contributed by atoms with E-state index in [-0.39, 0.29) is 87.2 Å². The molecular formula is C35H32N4Na2O8S2. The van der Waals surface area contributed by atoms with Crippen LogP contribution in [-0.2, 0) is 20.2 Å². The Morgan fingerprint density at radius 1 is 0.588 bits per heavy atom. The molecule has 1 atom stereocenters. The van der Waals surface area contributed by atoms with Gasteiger partial charge in [0.1, 0.15) is 22.1 Å². The van der Waals surface area contributed by atoms with Crippen molar-refractivity contribution in [3.8, 4) is 11.5 Å². The number of hydrogen-bond acceptors (Lipinski definition) is 10. The van der Waals surface area contributed by atoms with Crippen LogP contribution in [0.3, 0.4) is 0 Å². The summed E-state index contributed by atoms with van der Waals surface area (Å²) in [5.74, 6) is 0.224. The first kappa shape index (κ1) is 40.7. The third-order valence-corrected chi connectivity index (χ3v) is 10.3. The molecule has 0 heterocycles. The number of nitrogens with zero attached hydrogens (tertiary/aromatic N) is 4. The Bertz CT molecular complexity index is 2280. The van der Waals surface area contributed by atoms with E-state index in [1.165, 1.54) is 18.6 Å². The van der Waals surface area contributed by atoms with Gasteiger partial charge in [0.25, 0.3) is 20.2 Å². The molecule has 254 valence electrons. The van der Waals surface area contributed by atoms with E-state index in [9.17, 15) is 36.2 Å².